The van der Waals surface area contributed by atoms with E-state index in [1.165, 1.54) is 12.1 Å². The molecule has 0 saturated carbocycles. The first-order valence-electron chi connectivity index (χ1n) is 8.40. The average Bonchev–Trinajstić information content (AvgIpc) is 3.07. The number of aromatic amines is 1. The van der Waals surface area contributed by atoms with Gasteiger partial charge in [0.1, 0.15) is 5.75 Å². The van der Waals surface area contributed by atoms with E-state index in [-0.39, 0.29) is 0 Å². The van der Waals surface area contributed by atoms with Gasteiger partial charge in [0.25, 0.3) is 0 Å². The second kappa shape index (κ2) is 6.50. The highest BCUT2D eigenvalue weighted by Gasteiger charge is 2.30. The van der Waals surface area contributed by atoms with Crippen LogP contribution in [0, 0.1) is 0 Å². The molecular formula is C22H16F3NO. The van der Waals surface area contributed by atoms with Gasteiger partial charge in [0.2, 0.25) is 0 Å². The van der Waals surface area contributed by atoms with Crippen molar-refractivity contribution in [2.75, 3.05) is 7.11 Å². The zero-order valence-electron chi connectivity index (χ0n) is 14.5. The highest BCUT2D eigenvalue weighted by Crippen LogP contribution is 2.39. The summed E-state index contributed by atoms with van der Waals surface area (Å²) >= 11 is 0. The Kier molecular flexibility index (Phi) is 4.15. The Balaban J connectivity index is 1.90. The minimum absolute atomic E-state index is 0.655. The fraction of sp³-hybridized carbons (Fsp3) is 0.0909. The molecule has 5 heteroatoms. The first-order valence-corrected chi connectivity index (χ1v) is 8.40. The van der Waals surface area contributed by atoms with Gasteiger partial charge in [0.15, 0.2) is 0 Å². The number of H-pyrrole nitrogens is 1. The summed E-state index contributed by atoms with van der Waals surface area (Å²) < 4.78 is 43.9. The van der Waals surface area contributed by atoms with Crippen LogP contribution in [0.25, 0.3) is 33.3 Å². The molecule has 27 heavy (non-hydrogen) atoms. The lowest BCUT2D eigenvalue weighted by atomic mass is 9.97. The molecule has 136 valence electrons. The Morgan fingerprint density at radius 2 is 1.41 bits per heavy atom. The minimum atomic E-state index is -4.35. The molecule has 0 amide bonds. The van der Waals surface area contributed by atoms with E-state index in [1.807, 2.05) is 48.5 Å². The molecule has 1 N–H and O–H groups in total. The molecule has 3 aromatic carbocycles. The summed E-state index contributed by atoms with van der Waals surface area (Å²) in [5.41, 5.74) is 3.67. The predicted octanol–water partition coefficient (Wildman–Crippen LogP) is 6.53. The number of rotatable bonds is 3. The molecule has 4 rings (SSSR count). The average molecular weight is 367 g/mol. The van der Waals surface area contributed by atoms with Crippen LogP contribution < -0.4 is 4.74 Å². The topological polar surface area (TPSA) is 25.0 Å². The van der Waals surface area contributed by atoms with E-state index >= 15 is 0 Å². The number of para-hydroxylation sites is 1. The Bertz CT molecular complexity index is 1080. The van der Waals surface area contributed by atoms with Crippen LogP contribution in [0.2, 0.25) is 0 Å². The molecule has 0 aliphatic carbocycles. The van der Waals surface area contributed by atoms with E-state index in [0.717, 1.165) is 51.2 Å². The molecule has 0 aliphatic heterocycles. The molecule has 0 aliphatic rings. The number of ether oxygens (including phenoxy) is 1. The molecule has 0 bridgehead atoms. The predicted molar refractivity (Wildman–Crippen MR) is 101 cm³/mol. The normalized spacial score (nSPS) is 11.7. The van der Waals surface area contributed by atoms with Crippen molar-refractivity contribution in [1.82, 2.24) is 4.98 Å². The first kappa shape index (κ1) is 17.2. The lowest BCUT2D eigenvalue weighted by molar-refractivity contribution is -0.137. The first-order chi connectivity index (χ1) is 13.0. The fourth-order valence-corrected chi connectivity index (χ4v) is 3.24. The van der Waals surface area contributed by atoms with E-state index in [4.69, 9.17) is 4.74 Å². The summed E-state index contributed by atoms with van der Waals surface area (Å²) in [4.78, 5) is 3.40. The number of fused-ring (bicyclic) bond motifs is 1. The van der Waals surface area contributed by atoms with Crippen LogP contribution in [-0.2, 0) is 6.18 Å². The Morgan fingerprint density at radius 3 is 2.04 bits per heavy atom. The second-order valence-corrected chi connectivity index (χ2v) is 6.22. The maximum absolute atomic E-state index is 12.9. The van der Waals surface area contributed by atoms with E-state index in [9.17, 15) is 13.2 Å². The van der Waals surface area contributed by atoms with Crippen LogP contribution in [0.1, 0.15) is 5.56 Å². The summed E-state index contributed by atoms with van der Waals surface area (Å²) in [6, 6.07) is 20.6. The number of alkyl halides is 3. The van der Waals surface area contributed by atoms with Crippen molar-refractivity contribution in [2.45, 2.75) is 6.18 Å². The van der Waals surface area contributed by atoms with Crippen molar-refractivity contribution in [3.05, 3.63) is 78.4 Å². The van der Waals surface area contributed by atoms with Gasteiger partial charge in [-0.2, -0.15) is 13.2 Å². The minimum Gasteiger partial charge on any atom is -0.497 e. The highest BCUT2D eigenvalue weighted by molar-refractivity contribution is 6.03. The maximum Gasteiger partial charge on any atom is 0.416 e. The third-order valence-electron chi connectivity index (χ3n) is 4.59. The number of hydrogen-bond acceptors (Lipinski definition) is 1. The summed E-state index contributed by atoms with van der Waals surface area (Å²) in [7, 11) is 1.60. The summed E-state index contributed by atoms with van der Waals surface area (Å²) in [6.45, 7) is 0. The van der Waals surface area contributed by atoms with E-state index in [1.54, 1.807) is 7.11 Å². The van der Waals surface area contributed by atoms with Gasteiger partial charge in [-0.1, -0.05) is 30.3 Å². The SMILES string of the molecule is COc1ccc(-c2[nH]c3ccccc3c2-c2ccc(C(F)(F)F)cc2)cc1. The van der Waals surface area contributed by atoms with Crippen molar-refractivity contribution < 1.29 is 17.9 Å². The number of benzene rings is 3. The molecule has 0 radical (unpaired) electrons. The van der Waals surface area contributed by atoms with Crippen molar-refractivity contribution >= 4 is 10.9 Å². The van der Waals surface area contributed by atoms with Crippen LogP contribution in [0.4, 0.5) is 13.2 Å². The Morgan fingerprint density at radius 1 is 0.778 bits per heavy atom. The molecule has 0 atom stereocenters. The number of hydrogen-bond donors (Lipinski definition) is 1. The van der Waals surface area contributed by atoms with E-state index in [2.05, 4.69) is 4.98 Å². The van der Waals surface area contributed by atoms with Gasteiger partial charge >= 0.3 is 6.18 Å². The van der Waals surface area contributed by atoms with Crippen LogP contribution in [0.5, 0.6) is 5.75 Å². The Hall–Kier alpha value is -3.21. The lowest BCUT2D eigenvalue weighted by Gasteiger charge is -2.10. The number of nitrogens with one attached hydrogen (secondary N) is 1. The van der Waals surface area contributed by atoms with Crippen molar-refractivity contribution in [3.63, 3.8) is 0 Å². The van der Waals surface area contributed by atoms with Gasteiger partial charge in [-0.3, -0.25) is 0 Å². The zero-order chi connectivity index (χ0) is 19.0. The zero-order valence-corrected chi connectivity index (χ0v) is 14.5. The standard InChI is InChI=1S/C22H16F3NO/c1-27-17-12-8-15(9-13-17)21-20(18-4-2-3-5-19(18)26-21)14-6-10-16(11-7-14)22(23,24)25/h2-13,26H,1H3. The van der Waals surface area contributed by atoms with Crippen molar-refractivity contribution in [2.24, 2.45) is 0 Å². The Labute approximate surface area is 154 Å². The molecule has 1 heterocycles. The van der Waals surface area contributed by atoms with Crippen LogP contribution in [-0.4, -0.2) is 12.1 Å². The quantitative estimate of drug-likeness (QED) is 0.437. The molecular weight excluding hydrogens is 351 g/mol. The monoisotopic (exact) mass is 367 g/mol. The van der Waals surface area contributed by atoms with Gasteiger partial charge in [0, 0.05) is 16.5 Å². The third kappa shape index (κ3) is 3.16. The van der Waals surface area contributed by atoms with Crippen LogP contribution in [0.15, 0.2) is 72.8 Å². The lowest BCUT2D eigenvalue weighted by Crippen LogP contribution is -2.04. The number of halogens is 3. The molecule has 0 saturated heterocycles. The summed E-state index contributed by atoms with van der Waals surface area (Å²) in [6.07, 6.45) is -4.35. The number of aromatic nitrogens is 1. The highest BCUT2D eigenvalue weighted by atomic mass is 19.4. The van der Waals surface area contributed by atoms with Gasteiger partial charge in [0.05, 0.1) is 18.4 Å². The largest absolute Gasteiger partial charge is 0.497 e. The summed E-state index contributed by atoms with van der Waals surface area (Å²) in [5.74, 6) is 0.742. The second-order valence-electron chi connectivity index (χ2n) is 6.22. The molecule has 0 spiro atoms. The smallest absolute Gasteiger partial charge is 0.416 e. The molecule has 0 fully saturated rings. The molecule has 4 aromatic rings. The molecule has 0 unspecified atom stereocenters. The molecule has 2 nitrogen and oxygen atoms in total. The fourth-order valence-electron chi connectivity index (χ4n) is 3.24. The van der Waals surface area contributed by atoms with Gasteiger partial charge < -0.3 is 9.72 Å². The van der Waals surface area contributed by atoms with Gasteiger partial charge in [-0.25, -0.2) is 0 Å². The number of methoxy groups -OCH3 is 1. The van der Waals surface area contributed by atoms with Crippen molar-refractivity contribution in [1.29, 1.82) is 0 Å². The van der Waals surface area contributed by atoms with Crippen LogP contribution in [0.3, 0.4) is 0 Å². The van der Waals surface area contributed by atoms with Crippen LogP contribution >= 0.6 is 0 Å². The summed E-state index contributed by atoms with van der Waals surface area (Å²) in [5, 5.41) is 0.961. The van der Waals surface area contributed by atoms with E-state index in [0.29, 0.717) is 0 Å². The van der Waals surface area contributed by atoms with Gasteiger partial charge in [-0.05, 0) is 53.6 Å². The molecule has 1 aromatic heterocycles. The van der Waals surface area contributed by atoms with E-state index < -0.39 is 11.7 Å². The van der Waals surface area contributed by atoms with Gasteiger partial charge in [-0.15, -0.1) is 0 Å². The maximum atomic E-state index is 12.9. The van der Waals surface area contributed by atoms with Crippen molar-refractivity contribution in [3.8, 4) is 28.1 Å². The third-order valence-corrected chi connectivity index (χ3v) is 4.59.